The lowest BCUT2D eigenvalue weighted by atomic mass is 9.45. The first kappa shape index (κ1) is 70.7. The van der Waals surface area contributed by atoms with Gasteiger partial charge < -0.3 is 29.5 Å². The molecule has 0 aliphatic heterocycles. The maximum Gasteiger partial charge on any atom is 0.311 e. The van der Waals surface area contributed by atoms with E-state index in [1.54, 1.807) is 20.8 Å². The zero-order valence-corrected chi connectivity index (χ0v) is 52.6. The molecule has 0 heterocycles. The molecule has 15 heteroatoms. The lowest BCUT2D eigenvalue weighted by Gasteiger charge is -2.61. The summed E-state index contributed by atoms with van der Waals surface area (Å²) in [5, 5.41) is 35.4. The molecule has 8 aliphatic carbocycles. The third-order valence-electron chi connectivity index (χ3n) is 19.5. The summed E-state index contributed by atoms with van der Waals surface area (Å²) in [6.45, 7) is 37.3. The van der Waals surface area contributed by atoms with Gasteiger partial charge in [-0.1, -0.05) is 83.1 Å². The molecule has 8 saturated carbocycles. The first-order valence-corrected chi connectivity index (χ1v) is 29.8. The van der Waals surface area contributed by atoms with Crippen molar-refractivity contribution in [2.45, 2.75) is 252 Å². The van der Waals surface area contributed by atoms with E-state index in [4.69, 9.17) is 19.3 Å². The van der Waals surface area contributed by atoms with E-state index in [1.807, 2.05) is 111 Å². The molecule has 0 aromatic heterocycles. The van der Waals surface area contributed by atoms with Gasteiger partial charge in [0.05, 0.1) is 22.9 Å². The Morgan fingerprint density at radius 2 is 0.808 bits per heavy atom. The molecule has 0 aromatic rings. The van der Waals surface area contributed by atoms with Crippen LogP contribution in [0.25, 0.3) is 0 Å². The lowest BCUT2D eigenvalue weighted by Crippen LogP contribution is -2.60. The molecule has 0 aromatic carbocycles. The van der Waals surface area contributed by atoms with Gasteiger partial charge in [0.25, 0.3) is 0 Å². The molecule has 8 fully saturated rings. The molecule has 0 saturated heterocycles. The summed E-state index contributed by atoms with van der Waals surface area (Å²) in [5.41, 5.74) is -4.39. The van der Waals surface area contributed by atoms with E-state index in [0.717, 1.165) is 107 Å². The van der Waals surface area contributed by atoms with Gasteiger partial charge in [-0.3, -0.25) is 44.2 Å². The SMILES string of the molecule is CCC(C)(C)C(=O)NC(=O)C(C)(C)C.CCC(C)(C)C(=O)NC(C)=O.CCC(C)(C)C(=O)OCC(C)(O)C12CC3CC(CC(C3)C1)C2.CCC(C)(C)C(=O)OCC1(O)C2CC3CC(C2)CC1C3.CCC(C)(C)C(=O)OCCO. The molecule has 0 radical (unpaired) electrons. The number of ether oxygens (including phenoxy) is 3. The van der Waals surface area contributed by atoms with Crippen LogP contribution in [0.4, 0.5) is 0 Å². The number of carbonyl (C=O) groups excluding carboxylic acids is 7. The van der Waals surface area contributed by atoms with Crippen LogP contribution in [-0.4, -0.2) is 94.5 Å². The minimum Gasteiger partial charge on any atom is -0.463 e. The Morgan fingerprint density at radius 3 is 1.14 bits per heavy atom. The number of aliphatic hydroxyl groups excluding tert-OH is 1. The van der Waals surface area contributed by atoms with Crippen molar-refractivity contribution < 1.29 is 63.1 Å². The van der Waals surface area contributed by atoms with Gasteiger partial charge in [-0.2, -0.15) is 0 Å². The summed E-state index contributed by atoms with van der Waals surface area (Å²) < 4.78 is 15.9. The minimum absolute atomic E-state index is 0.0155. The van der Waals surface area contributed by atoms with E-state index < -0.39 is 43.7 Å². The summed E-state index contributed by atoms with van der Waals surface area (Å²) in [6, 6.07) is 0. The van der Waals surface area contributed by atoms with Gasteiger partial charge in [-0.25, -0.2) is 0 Å². The summed E-state index contributed by atoms with van der Waals surface area (Å²) in [6.07, 6.45) is 17.1. The van der Waals surface area contributed by atoms with Gasteiger partial charge in [0.15, 0.2) is 0 Å². The Kier molecular flexibility index (Phi) is 25.4. The highest BCUT2D eigenvalue weighted by molar-refractivity contribution is 5.99. The van der Waals surface area contributed by atoms with Gasteiger partial charge in [0, 0.05) is 28.6 Å². The molecular weight excluding hydrogens is 993 g/mol. The third-order valence-corrected chi connectivity index (χ3v) is 19.5. The summed E-state index contributed by atoms with van der Waals surface area (Å²) in [5.74, 6) is 3.24. The second-order valence-corrected chi connectivity index (χ2v) is 29.0. The van der Waals surface area contributed by atoms with Gasteiger partial charge in [0.2, 0.25) is 23.6 Å². The highest BCUT2D eigenvalue weighted by Gasteiger charge is 2.59. The van der Waals surface area contributed by atoms with Crippen molar-refractivity contribution in [3.8, 4) is 0 Å². The second kappa shape index (κ2) is 28.0. The number of hydrogen-bond donors (Lipinski definition) is 5. The third kappa shape index (κ3) is 19.1. The Bertz CT molecular complexity index is 1960. The molecule has 5 N–H and O–H groups in total. The van der Waals surface area contributed by atoms with E-state index in [2.05, 4.69) is 10.6 Å². The van der Waals surface area contributed by atoms with Crippen LogP contribution in [-0.2, 0) is 47.8 Å². The number of amides is 4. The molecule has 1 unspecified atom stereocenters. The van der Waals surface area contributed by atoms with E-state index in [0.29, 0.717) is 11.8 Å². The number of nitrogens with one attached hydrogen (secondary N) is 2. The molecule has 0 spiro atoms. The fourth-order valence-corrected chi connectivity index (χ4v) is 11.8. The molecule has 78 heavy (non-hydrogen) atoms. The molecule has 8 rings (SSSR count). The number of carbonyl (C=O) groups is 7. The van der Waals surface area contributed by atoms with Gasteiger partial charge in [-0.15, -0.1) is 0 Å². The van der Waals surface area contributed by atoms with E-state index >= 15 is 0 Å². The topological polar surface area (TPSA) is 232 Å². The summed E-state index contributed by atoms with van der Waals surface area (Å²) in [7, 11) is 0. The van der Waals surface area contributed by atoms with Crippen molar-refractivity contribution in [3.05, 3.63) is 0 Å². The number of hydrogen-bond acceptors (Lipinski definition) is 13. The molecule has 15 nitrogen and oxygen atoms in total. The van der Waals surface area contributed by atoms with Crippen LogP contribution in [0, 0.1) is 79.3 Å². The number of aliphatic hydroxyl groups is 3. The van der Waals surface area contributed by atoms with Gasteiger partial charge in [-0.05, 0) is 193 Å². The summed E-state index contributed by atoms with van der Waals surface area (Å²) >= 11 is 0. The zero-order chi connectivity index (χ0) is 60.3. The normalized spacial score (nSPS) is 27.5. The number of imide groups is 2. The van der Waals surface area contributed by atoms with Crippen LogP contribution in [0.1, 0.15) is 241 Å². The smallest absolute Gasteiger partial charge is 0.311 e. The molecule has 4 amide bonds. The van der Waals surface area contributed by atoms with Crippen LogP contribution >= 0.6 is 0 Å². The van der Waals surface area contributed by atoms with Crippen LogP contribution in [0.2, 0.25) is 0 Å². The zero-order valence-electron chi connectivity index (χ0n) is 52.6. The fraction of sp³-hybridized carbons (Fsp3) is 0.889. The van der Waals surface area contributed by atoms with E-state index in [-0.39, 0.29) is 73.4 Å². The van der Waals surface area contributed by atoms with Crippen LogP contribution in [0.15, 0.2) is 0 Å². The Labute approximate surface area is 471 Å². The average molecular weight is 1110 g/mol. The predicted molar refractivity (Wildman–Crippen MR) is 305 cm³/mol. The lowest BCUT2D eigenvalue weighted by molar-refractivity contribution is -0.206. The van der Waals surface area contributed by atoms with E-state index in [9.17, 15) is 43.8 Å². The Hall–Kier alpha value is -3.43. The summed E-state index contributed by atoms with van der Waals surface area (Å²) in [4.78, 5) is 80.3. The predicted octanol–water partition coefficient (Wildman–Crippen LogP) is 11.2. The van der Waals surface area contributed by atoms with Crippen molar-refractivity contribution in [1.29, 1.82) is 0 Å². The Balaban J connectivity index is 0.000000345. The van der Waals surface area contributed by atoms with Crippen LogP contribution < -0.4 is 10.6 Å². The highest BCUT2D eigenvalue weighted by atomic mass is 16.6. The standard InChI is InChI=1S/C19H32O3.C17H28O3.C11H21NO2.C8H15NO2.C8H16O3/c1-5-17(2,3)16(20)22-12-18(4,21)19-9-13-6-14(10-19)8-15(7-13)11-19;1-4-16(2,3)15(18)20-10-17(19)13-6-11-5-12(8-13)9-14(17)7-11;1-7-11(5,6)9(14)12-8(13)10(2,3)4;1-5-8(3,4)7(11)9-6(2)10;1-4-8(2,3)7(10)11-6-5-9/h13-15,21H,5-12H2,1-4H3;11-14,19H,4-10H2,1-3H3;7H2,1-6H3,(H,12,13,14);5H2,1-4H3,(H,9,10,11);9H,4-6H2,1-3H3. The second-order valence-electron chi connectivity index (χ2n) is 29.0. The number of rotatable bonds is 17. The van der Waals surface area contributed by atoms with Crippen molar-refractivity contribution >= 4 is 41.5 Å². The highest BCUT2D eigenvalue weighted by Crippen LogP contribution is 2.64. The van der Waals surface area contributed by atoms with Crippen molar-refractivity contribution in [1.82, 2.24) is 10.6 Å². The fourth-order valence-electron chi connectivity index (χ4n) is 11.8. The number of esters is 3. The first-order valence-electron chi connectivity index (χ1n) is 29.8. The maximum absolute atomic E-state index is 12.2. The molecule has 1 atom stereocenters. The monoisotopic (exact) mass is 1100 g/mol. The molecule has 8 aliphatic rings. The maximum atomic E-state index is 12.2. The van der Waals surface area contributed by atoms with E-state index in [1.165, 1.54) is 32.6 Å². The van der Waals surface area contributed by atoms with Gasteiger partial charge in [0.1, 0.15) is 31.0 Å². The molecule has 452 valence electrons. The van der Waals surface area contributed by atoms with Gasteiger partial charge >= 0.3 is 17.9 Å². The van der Waals surface area contributed by atoms with Crippen LogP contribution in [0.5, 0.6) is 0 Å². The van der Waals surface area contributed by atoms with Crippen molar-refractivity contribution in [2.24, 2.45) is 79.3 Å². The molecule has 8 bridgehead atoms. The minimum atomic E-state index is -0.886. The van der Waals surface area contributed by atoms with Crippen molar-refractivity contribution in [2.75, 3.05) is 26.4 Å². The van der Waals surface area contributed by atoms with Crippen molar-refractivity contribution in [3.63, 3.8) is 0 Å². The van der Waals surface area contributed by atoms with Crippen LogP contribution in [0.3, 0.4) is 0 Å². The Morgan fingerprint density at radius 1 is 0.474 bits per heavy atom. The molecular formula is C63H112N2O13. The quantitative estimate of drug-likeness (QED) is 0.0675. The first-order chi connectivity index (χ1) is 35.6. The largest absolute Gasteiger partial charge is 0.463 e. The average Bonchev–Trinajstić information content (AvgIpc) is 3.35.